The van der Waals surface area contributed by atoms with Crippen molar-refractivity contribution in [1.29, 1.82) is 0 Å². The summed E-state index contributed by atoms with van der Waals surface area (Å²) in [4.78, 5) is 4.62. The molecule has 0 saturated carbocycles. The van der Waals surface area contributed by atoms with Gasteiger partial charge in [-0.3, -0.25) is 0 Å². The number of pyridine rings is 1. The molecule has 5 nitrogen and oxygen atoms in total. The first-order valence-corrected chi connectivity index (χ1v) is 10.5. The van der Waals surface area contributed by atoms with E-state index in [1.54, 1.807) is 6.26 Å². The number of aromatic nitrogens is 1. The highest BCUT2D eigenvalue weighted by molar-refractivity contribution is 5.47. The summed E-state index contributed by atoms with van der Waals surface area (Å²) in [5.41, 5.74) is 18.0. The lowest BCUT2D eigenvalue weighted by atomic mass is 9.93. The summed E-state index contributed by atoms with van der Waals surface area (Å²) in [5.74, 6) is 2.78. The molecule has 1 atom stereocenters. The number of aryl methyl sites for hydroxylation is 4. The topological polar surface area (TPSA) is 87.3 Å². The van der Waals surface area contributed by atoms with Gasteiger partial charge in [0.2, 0.25) is 5.88 Å². The van der Waals surface area contributed by atoms with Crippen LogP contribution in [0.1, 0.15) is 58.5 Å². The third-order valence-electron chi connectivity index (χ3n) is 5.20. The maximum atomic E-state index is 6.23. The molecular weight excluding hydrogens is 374 g/mol. The van der Waals surface area contributed by atoms with Gasteiger partial charge in [0.25, 0.3) is 0 Å². The Morgan fingerprint density at radius 1 is 1.03 bits per heavy atom. The summed E-state index contributed by atoms with van der Waals surface area (Å²) >= 11 is 0. The molecule has 3 rings (SSSR count). The van der Waals surface area contributed by atoms with Crippen molar-refractivity contribution in [3.05, 3.63) is 75.9 Å². The quantitative estimate of drug-likeness (QED) is 0.553. The number of hydrogen-bond acceptors (Lipinski definition) is 5. The number of nitrogens with zero attached hydrogens (tertiary/aromatic N) is 1. The van der Waals surface area contributed by atoms with Crippen LogP contribution >= 0.6 is 0 Å². The summed E-state index contributed by atoms with van der Waals surface area (Å²) in [5, 5.41) is 0. The summed E-state index contributed by atoms with van der Waals surface area (Å²) < 4.78 is 11.1. The van der Waals surface area contributed by atoms with Crippen LogP contribution < -0.4 is 16.2 Å². The second-order valence-electron chi connectivity index (χ2n) is 7.74. The van der Waals surface area contributed by atoms with Gasteiger partial charge in [-0.15, -0.1) is 0 Å². The fraction of sp³-hybridized carbons (Fsp3) is 0.400. The second kappa shape index (κ2) is 11.0. The van der Waals surface area contributed by atoms with Gasteiger partial charge in [-0.25, -0.2) is 4.98 Å². The molecule has 0 radical (unpaired) electrons. The second-order valence-corrected chi connectivity index (χ2v) is 7.74. The van der Waals surface area contributed by atoms with Crippen molar-refractivity contribution in [3.63, 3.8) is 0 Å². The normalized spacial score (nSPS) is 11.6. The molecule has 2 aromatic heterocycles. The molecule has 0 saturated heterocycles. The zero-order valence-corrected chi connectivity index (χ0v) is 19.1. The molecule has 30 heavy (non-hydrogen) atoms. The summed E-state index contributed by atoms with van der Waals surface area (Å²) in [6, 6.07) is 10.1. The Kier molecular flexibility index (Phi) is 8.63. The fourth-order valence-electron chi connectivity index (χ4n) is 3.62. The van der Waals surface area contributed by atoms with Crippen LogP contribution in [0.2, 0.25) is 0 Å². The SMILES string of the molecule is CCC(CN)c1cc(C)nc(Oc2c(C)cc(C)cc2C)c1C.NCc1ccco1. The molecule has 0 bridgehead atoms. The zero-order chi connectivity index (χ0) is 22.3. The highest BCUT2D eigenvalue weighted by atomic mass is 16.5. The fourth-order valence-corrected chi connectivity index (χ4v) is 3.62. The molecule has 0 aliphatic rings. The van der Waals surface area contributed by atoms with Gasteiger partial charge < -0.3 is 20.6 Å². The summed E-state index contributed by atoms with van der Waals surface area (Å²) in [6.07, 6.45) is 2.63. The Morgan fingerprint density at radius 2 is 1.70 bits per heavy atom. The van der Waals surface area contributed by atoms with E-state index in [1.165, 1.54) is 11.1 Å². The lowest BCUT2D eigenvalue weighted by Gasteiger charge is -2.20. The lowest BCUT2D eigenvalue weighted by Crippen LogP contribution is -2.14. The van der Waals surface area contributed by atoms with Crippen molar-refractivity contribution < 1.29 is 9.15 Å². The van der Waals surface area contributed by atoms with Crippen LogP contribution in [0.15, 0.2) is 41.0 Å². The van der Waals surface area contributed by atoms with Crippen LogP contribution in [-0.4, -0.2) is 11.5 Å². The molecule has 1 unspecified atom stereocenters. The minimum atomic E-state index is 0.347. The van der Waals surface area contributed by atoms with E-state index in [0.29, 0.717) is 24.9 Å². The Labute approximate surface area is 180 Å². The smallest absolute Gasteiger partial charge is 0.222 e. The van der Waals surface area contributed by atoms with Gasteiger partial charge in [0.1, 0.15) is 11.5 Å². The highest BCUT2D eigenvalue weighted by Gasteiger charge is 2.17. The number of benzene rings is 1. The van der Waals surface area contributed by atoms with Crippen molar-refractivity contribution in [2.75, 3.05) is 6.54 Å². The molecular formula is C25H35N3O2. The van der Waals surface area contributed by atoms with Gasteiger partial charge in [-0.05, 0) is 88.4 Å². The van der Waals surface area contributed by atoms with Gasteiger partial charge in [0.05, 0.1) is 12.8 Å². The van der Waals surface area contributed by atoms with E-state index in [4.69, 9.17) is 20.6 Å². The van der Waals surface area contributed by atoms with E-state index < -0.39 is 0 Å². The van der Waals surface area contributed by atoms with E-state index in [1.807, 2.05) is 19.1 Å². The van der Waals surface area contributed by atoms with Crippen LogP contribution in [0.3, 0.4) is 0 Å². The molecule has 4 N–H and O–H groups in total. The van der Waals surface area contributed by atoms with Crippen molar-refractivity contribution >= 4 is 0 Å². The minimum Gasteiger partial charge on any atom is -0.468 e. The van der Waals surface area contributed by atoms with Gasteiger partial charge in [0, 0.05) is 11.3 Å². The maximum Gasteiger partial charge on any atom is 0.222 e. The van der Waals surface area contributed by atoms with Crippen LogP contribution in [0, 0.1) is 34.6 Å². The number of hydrogen-bond donors (Lipinski definition) is 2. The molecule has 0 aliphatic heterocycles. The number of nitrogens with two attached hydrogens (primary N) is 2. The largest absolute Gasteiger partial charge is 0.468 e. The number of rotatable bonds is 6. The van der Waals surface area contributed by atoms with Crippen LogP contribution in [0.25, 0.3) is 0 Å². The van der Waals surface area contributed by atoms with Crippen molar-refractivity contribution in [2.45, 2.75) is 60.4 Å². The first kappa shape index (κ1) is 23.6. The van der Waals surface area contributed by atoms with Crippen molar-refractivity contribution in [1.82, 2.24) is 4.98 Å². The number of furan rings is 1. The van der Waals surface area contributed by atoms with Gasteiger partial charge in [0.15, 0.2) is 0 Å². The van der Waals surface area contributed by atoms with E-state index >= 15 is 0 Å². The average Bonchev–Trinajstić information content (AvgIpc) is 3.23. The molecule has 0 spiro atoms. The Balaban J connectivity index is 0.000000386. The first-order chi connectivity index (χ1) is 14.3. The third kappa shape index (κ3) is 5.94. The molecule has 5 heteroatoms. The average molecular weight is 410 g/mol. The first-order valence-electron chi connectivity index (χ1n) is 10.5. The van der Waals surface area contributed by atoms with Gasteiger partial charge in [-0.1, -0.05) is 24.6 Å². The molecule has 0 amide bonds. The van der Waals surface area contributed by atoms with Gasteiger partial charge in [-0.2, -0.15) is 0 Å². The molecule has 2 heterocycles. The van der Waals surface area contributed by atoms with Crippen molar-refractivity contribution in [3.8, 4) is 11.6 Å². The summed E-state index contributed by atoms with van der Waals surface area (Å²) in [7, 11) is 0. The van der Waals surface area contributed by atoms with Gasteiger partial charge >= 0.3 is 0 Å². The van der Waals surface area contributed by atoms with E-state index in [-0.39, 0.29) is 0 Å². The van der Waals surface area contributed by atoms with Crippen LogP contribution in [0.5, 0.6) is 11.6 Å². The van der Waals surface area contributed by atoms with Crippen LogP contribution in [0.4, 0.5) is 0 Å². The predicted molar refractivity (Wildman–Crippen MR) is 123 cm³/mol. The Morgan fingerprint density at radius 3 is 2.17 bits per heavy atom. The molecule has 3 aromatic rings. The monoisotopic (exact) mass is 409 g/mol. The Bertz CT molecular complexity index is 922. The predicted octanol–water partition coefficient (Wildman–Crippen LogP) is 5.61. The minimum absolute atomic E-state index is 0.347. The van der Waals surface area contributed by atoms with E-state index in [2.05, 4.69) is 57.8 Å². The Hall–Kier alpha value is -2.63. The third-order valence-corrected chi connectivity index (χ3v) is 5.20. The standard InChI is InChI=1S/C20H28N2O.C5H7NO/c1-7-17(11-21)18-10-15(5)22-20(16(18)6)23-19-13(3)8-12(2)9-14(19)4;6-4-5-2-1-3-7-5/h8-10,17H,7,11,21H2,1-6H3;1-3H,4,6H2. The van der Waals surface area contributed by atoms with E-state index in [0.717, 1.165) is 40.3 Å². The summed E-state index contributed by atoms with van der Waals surface area (Å²) in [6.45, 7) is 13.6. The molecule has 0 aliphatic carbocycles. The molecule has 0 fully saturated rings. The van der Waals surface area contributed by atoms with Crippen molar-refractivity contribution in [2.24, 2.45) is 11.5 Å². The number of ether oxygens (including phenoxy) is 1. The lowest BCUT2D eigenvalue weighted by molar-refractivity contribution is 0.448. The van der Waals surface area contributed by atoms with Crippen LogP contribution in [-0.2, 0) is 6.54 Å². The van der Waals surface area contributed by atoms with E-state index in [9.17, 15) is 0 Å². The molecule has 162 valence electrons. The molecule has 1 aromatic carbocycles. The highest BCUT2D eigenvalue weighted by Crippen LogP contribution is 2.34. The maximum absolute atomic E-state index is 6.23. The zero-order valence-electron chi connectivity index (χ0n) is 19.1.